The number of nitrogens with one attached hydrogen (secondary N) is 1. The molecule has 0 aromatic heterocycles. The molecular formula is C16H22ClNO4. The Balaban J connectivity index is 2.54. The summed E-state index contributed by atoms with van der Waals surface area (Å²) < 4.78 is 5.72. The number of unbranched alkanes of at least 4 members (excludes halogenated alkanes) is 2. The summed E-state index contributed by atoms with van der Waals surface area (Å²) in [6, 6.07) is 5.27. The van der Waals surface area contributed by atoms with Gasteiger partial charge in [-0.2, -0.15) is 0 Å². The van der Waals surface area contributed by atoms with Gasteiger partial charge in [-0.1, -0.05) is 31.4 Å². The molecule has 0 spiro atoms. The zero-order valence-electron chi connectivity index (χ0n) is 12.7. The van der Waals surface area contributed by atoms with Crippen LogP contribution in [0.2, 0.25) is 5.02 Å². The van der Waals surface area contributed by atoms with Gasteiger partial charge in [0.15, 0.2) is 0 Å². The molecule has 0 unspecified atom stereocenters. The lowest BCUT2D eigenvalue weighted by molar-refractivity contribution is -0.138. The van der Waals surface area contributed by atoms with Gasteiger partial charge >= 0.3 is 5.97 Å². The Morgan fingerprint density at radius 3 is 2.73 bits per heavy atom. The van der Waals surface area contributed by atoms with Crippen LogP contribution in [0.1, 0.15) is 44.6 Å². The summed E-state index contributed by atoms with van der Waals surface area (Å²) >= 11 is 5.97. The van der Waals surface area contributed by atoms with Crippen LogP contribution in [0.3, 0.4) is 0 Å². The number of halogens is 1. The normalized spacial score (nSPS) is 10.3. The molecule has 0 fully saturated rings. The summed E-state index contributed by atoms with van der Waals surface area (Å²) in [5.41, 5.74) is 0.785. The van der Waals surface area contributed by atoms with Crippen LogP contribution in [-0.4, -0.2) is 23.6 Å². The maximum Gasteiger partial charge on any atom is 0.303 e. The third-order valence-corrected chi connectivity index (χ3v) is 3.31. The van der Waals surface area contributed by atoms with Crippen molar-refractivity contribution in [3.05, 3.63) is 28.8 Å². The van der Waals surface area contributed by atoms with Crippen molar-refractivity contribution < 1.29 is 19.4 Å². The number of hydrogen-bond acceptors (Lipinski definition) is 3. The summed E-state index contributed by atoms with van der Waals surface area (Å²) in [7, 11) is 0. The van der Waals surface area contributed by atoms with Crippen LogP contribution >= 0.6 is 11.6 Å². The minimum absolute atomic E-state index is 0.0391. The van der Waals surface area contributed by atoms with E-state index < -0.39 is 5.97 Å². The molecule has 0 heterocycles. The Bertz CT molecular complexity index is 505. The predicted molar refractivity (Wildman–Crippen MR) is 85.2 cm³/mol. The van der Waals surface area contributed by atoms with Gasteiger partial charge in [0.25, 0.3) is 0 Å². The Hall–Kier alpha value is -1.75. The van der Waals surface area contributed by atoms with Crippen molar-refractivity contribution in [3.63, 3.8) is 0 Å². The number of carboxylic acid groups (broad SMARTS) is 1. The highest BCUT2D eigenvalue weighted by molar-refractivity contribution is 6.30. The highest BCUT2D eigenvalue weighted by Crippen LogP contribution is 2.23. The van der Waals surface area contributed by atoms with Crippen molar-refractivity contribution >= 4 is 23.5 Å². The molecule has 1 amide bonds. The van der Waals surface area contributed by atoms with E-state index in [0.717, 1.165) is 24.8 Å². The fourth-order valence-electron chi connectivity index (χ4n) is 1.86. The second-order valence-electron chi connectivity index (χ2n) is 4.98. The summed E-state index contributed by atoms with van der Waals surface area (Å²) in [5.74, 6) is -0.601. The number of rotatable bonds is 10. The van der Waals surface area contributed by atoms with Gasteiger partial charge in [-0.05, 0) is 24.6 Å². The van der Waals surface area contributed by atoms with Gasteiger partial charge in [0.2, 0.25) is 5.91 Å². The second kappa shape index (κ2) is 10.1. The Labute approximate surface area is 135 Å². The lowest BCUT2D eigenvalue weighted by atomic mass is 10.2. The standard InChI is InChI=1S/C16H22ClNO4/c1-2-3-4-9-22-14-6-5-13(17)10-12(14)11-18-15(19)7-8-16(20)21/h5-6,10H,2-4,7-9,11H2,1H3,(H,18,19)(H,20,21). The summed E-state index contributed by atoms with van der Waals surface area (Å²) in [6.45, 7) is 3.01. The van der Waals surface area contributed by atoms with Crippen LogP contribution in [0.15, 0.2) is 18.2 Å². The molecule has 0 aliphatic carbocycles. The lowest BCUT2D eigenvalue weighted by Gasteiger charge is -2.12. The monoisotopic (exact) mass is 327 g/mol. The van der Waals surface area contributed by atoms with Crippen LogP contribution in [0, 0.1) is 0 Å². The number of carbonyl (C=O) groups excluding carboxylic acids is 1. The summed E-state index contributed by atoms with van der Waals surface area (Å²) in [4.78, 5) is 22.0. The van der Waals surface area contributed by atoms with E-state index in [1.807, 2.05) is 0 Å². The third kappa shape index (κ3) is 7.31. The minimum atomic E-state index is -0.988. The molecule has 22 heavy (non-hydrogen) atoms. The largest absolute Gasteiger partial charge is 0.493 e. The molecule has 6 heteroatoms. The van der Waals surface area contributed by atoms with E-state index in [4.69, 9.17) is 21.4 Å². The molecule has 1 aromatic rings. The van der Waals surface area contributed by atoms with Crippen molar-refractivity contribution in [3.8, 4) is 5.75 Å². The highest BCUT2D eigenvalue weighted by Gasteiger charge is 2.09. The van der Waals surface area contributed by atoms with E-state index in [9.17, 15) is 9.59 Å². The van der Waals surface area contributed by atoms with Gasteiger partial charge in [0.1, 0.15) is 5.75 Å². The number of carboxylic acids is 1. The zero-order chi connectivity index (χ0) is 16.4. The number of amides is 1. The van der Waals surface area contributed by atoms with E-state index in [2.05, 4.69) is 12.2 Å². The predicted octanol–water partition coefficient (Wildman–Crippen LogP) is 3.39. The first-order valence-electron chi connectivity index (χ1n) is 7.42. The lowest BCUT2D eigenvalue weighted by Crippen LogP contribution is -2.23. The molecule has 0 saturated carbocycles. The van der Waals surface area contributed by atoms with Crippen molar-refractivity contribution in [1.29, 1.82) is 0 Å². The Morgan fingerprint density at radius 1 is 1.27 bits per heavy atom. The maximum atomic E-state index is 11.6. The van der Waals surface area contributed by atoms with Crippen LogP contribution in [0.5, 0.6) is 5.75 Å². The third-order valence-electron chi connectivity index (χ3n) is 3.07. The van der Waals surface area contributed by atoms with E-state index in [1.165, 1.54) is 0 Å². The first-order chi connectivity index (χ1) is 10.5. The molecule has 1 aromatic carbocycles. The molecular weight excluding hydrogens is 306 g/mol. The van der Waals surface area contributed by atoms with Crippen molar-refractivity contribution in [1.82, 2.24) is 5.32 Å². The minimum Gasteiger partial charge on any atom is -0.493 e. The first-order valence-corrected chi connectivity index (χ1v) is 7.80. The highest BCUT2D eigenvalue weighted by atomic mass is 35.5. The molecule has 0 atom stereocenters. The Morgan fingerprint density at radius 2 is 2.05 bits per heavy atom. The number of ether oxygens (including phenoxy) is 1. The molecule has 1 rings (SSSR count). The van der Waals surface area contributed by atoms with Crippen LogP contribution in [0.25, 0.3) is 0 Å². The number of hydrogen-bond donors (Lipinski definition) is 2. The van der Waals surface area contributed by atoms with Crippen molar-refractivity contribution in [2.75, 3.05) is 6.61 Å². The van der Waals surface area contributed by atoms with Gasteiger partial charge in [-0.3, -0.25) is 9.59 Å². The van der Waals surface area contributed by atoms with E-state index in [1.54, 1.807) is 18.2 Å². The Kier molecular flexibility index (Phi) is 8.36. The summed E-state index contributed by atoms with van der Waals surface area (Å²) in [6.07, 6.45) is 2.99. The van der Waals surface area contributed by atoms with E-state index in [0.29, 0.717) is 17.4 Å². The van der Waals surface area contributed by atoms with E-state index >= 15 is 0 Å². The van der Waals surface area contributed by atoms with Gasteiger partial charge in [-0.25, -0.2) is 0 Å². The van der Waals surface area contributed by atoms with Gasteiger partial charge in [-0.15, -0.1) is 0 Å². The SMILES string of the molecule is CCCCCOc1ccc(Cl)cc1CNC(=O)CCC(=O)O. The molecule has 2 N–H and O–H groups in total. The fourth-order valence-corrected chi connectivity index (χ4v) is 2.06. The fraction of sp³-hybridized carbons (Fsp3) is 0.500. The first kappa shape index (κ1) is 18.3. The van der Waals surface area contributed by atoms with Gasteiger partial charge in [0, 0.05) is 23.6 Å². The molecule has 5 nitrogen and oxygen atoms in total. The number of aliphatic carboxylic acids is 1. The quantitative estimate of drug-likeness (QED) is 0.646. The molecule has 0 radical (unpaired) electrons. The zero-order valence-corrected chi connectivity index (χ0v) is 13.5. The van der Waals surface area contributed by atoms with E-state index in [-0.39, 0.29) is 25.3 Å². The van der Waals surface area contributed by atoms with Crippen molar-refractivity contribution in [2.45, 2.75) is 45.6 Å². The van der Waals surface area contributed by atoms with Gasteiger partial charge < -0.3 is 15.2 Å². The second-order valence-corrected chi connectivity index (χ2v) is 5.41. The maximum absolute atomic E-state index is 11.6. The molecule has 0 bridgehead atoms. The summed E-state index contributed by atoms with van der Waals surface area (Å²) in [5, 5.41) is 11.8. The average molecular weight is 328 g/mol. The molecule has 0 aliphatic rings. The molecule has 0 saturated heterocycles. The van der Waals surface area contributed by atoms with Crippen molar-refractivity contribution in [2.24, 2.45) is 0 Å². The number of carbonyl (C=O) groups is 2. The van der Waals surface area contributed by atoms with Crippen LogP contribution in [-0.2, 0) is 16.1 Å². The smallest absolute Gasteiger partial charge is 0.303 e. The molecule has 122 valence electrons. The molecule has 0 aliphatic heterocycles. The van der Waals surface area contributed by atoms with Crippen LogP contribution in [0.4, 0.5) is 0 Å². The van der Waals surface area contributed by atoms with Crippen LogP contribution < -0.4 is 10.1 Å². The average Bonchev–Trinajstić information content (AvgIpc) is 2.49. The van der Waals surface area contributed by atoms with Gasteiger partial charge in [0.05, 0.1) is 13.0 Å². The topological polar surface area (TPSA) is 75.6 Å². The number of benzene rings is 1.